The molecule has 2 amide bonds. The molecule has 0 aromatic heterocycles. The topological polar surface area (TPSA) is 97.7 Å². The summed E-state index contributed by atoms with van der Waals surface area (Å²) in [5.74, 6) is -1.49. The van der Waals surface area contributed by atoms with Gasteiger partial charge in [-0.05, 0) is 47.5 Å². The first kappa shape index (κ1) is 23.7. The second-order valence-corrected chi connectivity index (χ2v) is 9.34. The predicted molar refractivity (Wildman–Crippen MR) is 139 cm³/mol. The lowest BCUT2D eigenvalue weighted by Crippen LogP contribution is -2.44. The summed E-state index contributed by atoms with van der Waals surface area (Å²) in [6.07, 6.45) is 1.68. The van der Waals surface area contributed by atoms with Crippen LogP contribution in [-0.2, 0) is 9.59 Å². The molecule has 3 aromatic rings. The molecule has 9 heteroatoms. The maximum absolute atomic E-state index is 14.1. The molecular formula is C29H25N3O6. The van der Waals surface area contributed by atoms with Crippen LogP contribution < -0.4 is 19.1 Å². The van der Waals surface area contributed by atoms with Gasteiger partial charge in [0.1, 0.15) is 23.3 Å². The number of ether oxygens (including phenoxy) is 3. The maximum atomic E-state index is 14.1. The van der Waals surface area contributed by atoms with E-state index in [4.69, 9.17) is 14.2 Å². The maximum Gasteiger partial charge on any atom is 0.240 e. The minimum atomic E-state index is -0.971. The van der Waals surface area contributed by atoms with Crippen LogP contribution in [0.3, 0.4) is 0 Å². The van der Waals surface area contributed by atoms with Gasteiger partial charge < -0.3 is 14.2 Å². The second kappa shape index (κ2) is 9.02. The summed E-state index contributed by atoms with van der Waals surface area (Å²) >= 11 is 0. The number of fused-ring (bicyclic) bond motifs is 5. The number of benzene rings is 3. The van der Waals surface area contributed by atoms with Gasteiger partial charge in [0.05, 0.1) is 51.1 Å². The van der Waals surface area contributed by atoms with E-state index in [0.29, 0.717) is 22.8 Å². The molecule has 3 aliphatic rings. The zero-order valence-corrected chi connectivity index (χ0v) is 21.0. The molecule has 3 aromatic carbocycles. The van der Waals surface area contributed by atoms with Crippen LogP contribution in [0.2, 0.25) is 0 Å². The fourth-order valence-electron chi connectivity index (χ4n) is 5.80. The van der Waals surface area contributed by atoms with Gasteiger partial charge in [-0.2, -0.15) is 5.10 Å². The number of Topliss-reactive ketones (excluding diaryl/α,β-unsaturated/α-hetero) is 1. The number of amides is 2. The summed E-state index contributed by atoms with van der Waals surface area (Å²) in [6.45, 7) is 0. The number of hydrogen-bond acceptors (Lipinski definition) is 8. The fraction of sp³-hybridized carbons (Fsp3) is 0.241. The predicted octanol–water partition coefficient (Wildman–Crippen LogP) is 3.47. The van der Waals surface area contributed by atoms with Crippen LogP contribution in [0.4, 0.5) is 5.69 Å². The number of carbonyl (C=O) groups excluding carboxylic acids is 3. The van der Waals surface area contributed by atoms with Crippen molar-refractivity contribution in [2.24, 2.45) is 16.9 Å². The first-order valence-electron chi connectivity index (χ1n) is 12.2. The van der Waals surface area contributed by atoms with E-state index in [1.807, 2.05) is 24.3 Å². The van der Waals surface area contributed by atoms with E-state index in [1.165, 1.54) is 14.2 Å². The highest BCUT2D eigenvalue weighted by atomic mass is 16.5. The van der Waals surface area contributed by atoms with Crippen LogP contribution in [0.15, 0.2) is 71.8 Å². The molecule has 3 aliphatic heterocycles. The summed E-state index contributed by atoms with van der Waals surface area (Å²) in [4.78, 5) is 43.4. The molecule has 0 aliphatic carbocycles. The van der Waals surface area contributed by atoms with E-state index in [1.54, 1.807) is 60.8 Å². The molecule has 0 spiro atoms. The van der Waals surface area contributed by atoms with Crippen molar-refractivity contribution in [3.8, 4) is 17.2 Å². The average Bonchev–Trinajstić information content (AvgIpc) is 3.44. The Kier molecular flexibility index (Phi) is 5.63. The van der Waals surface area contributed by atoms with Crippen LogP contribution in [0.25, 0.3) is 0 Å². The van der Waals surface area contributed by atoms with Crippen LogP contribution in [0.1, 0.15) is 27.5 Å². The van der Waals surface area contributed by atoms with Gasteiger partial charge in [0.15, 0.2) is 5.78 Å². The minimum Gasteiger partial charge on any atom is -0.497 e. The summed E-state index contributed by atoms with van der Waals surface area (Å²) in [5.41, 5.74) is 2.39. The highest BCUT2D eigenvalue weighted by molar-refractivity contribution is 6.25. The van der Waals surface area contributed by atoms with Gasteiger partial charge in [-0.1, -0.05) is 24.3 Å². The van der Waals surface area contributed by atoms with Crippen LogP contribution in [0, 0.1) is 11.8 Å². The molecule has 9 nitrogen and oxygen atoms in total. The Morgan fingerprint density at radius 2 is 1.50 bits per heavy atom. The van der Waals surface area contributed by atoms with Crippen molar-refractivity contribution in [3.05, 3.63) is 83.4 Å². The smallest absolute Gasteiger partial charge is 0.240 e. The molecule has 0 saturated carbocycles. The Bertz CT molecular complexity index is 1480. The number of hydrazone groups is 1. The summed E-state index contributed by atoms with van der Waals surface area (Å²) < 4.78 is 16.1. The van der Waals surface area contributed by atoms with Gasteiger partial charge in [-0.15, -0.1) is 0 Å². The molecule has 38 heavy (non-hydrogen) atoms. The number of imide groups is 1. The monoisotopic (exact) mass is 511 g/mol. The second-order valence-electron chi connectivity index (χ2n) is 9.34. The third-order valence-electron chi connectivity index (χ3n) is 7.56. The summed E-state index contributed by atoms with van der Waals surface area (Å²) in [7, 11) is 4.53. The number of carbonyl (C=O) groups is 3. The summed E-state index contributed by atoms with van der Waals surface area (Å²) in [5, 5.41) is 6.24. The van der Waals surface area contributed by atoms with E-state index < -0.39 is 35.7 Å². The molecule has 0 bridgehead atoms. The lowest BCUT2D eigenvalue weighted by Gasteiger charge is -2.34. The third-order valence-corrected chi connectivity index (χ3v) is 7.56. The van der Waals surface area contributed by atoms with Gasteiger partial charge in [0.2, 0.25) is 11.8 Å². The van der Waals surface area contributed by atoms with E-state index in [2.05, 4.69) is 5.10 Å². The largest absolute Gasteiger partial charge is 0.497 e. The van der Waals surface area contributed by atoms with Crippen molar-refractivity contribution in [1.29, 1.82) is 0 Å². The number of nitrogens with zero attached hydrogens (tertiary/aromatic N) is 3. The van der Waals surface area contributed by atoms with Gasteiger partial charge >= 0.3 is 0 Å². The Balaban J connectivity index is 1.49. The normalized spacial score (nSPS) is 23.1. The van der Waals surface area contributed by atoms with E-state index in [-0.39, 0.29) is 11.5 Å². The molecule has 0 unspecified atom stereocenters. The lowest BCUT2D eigenvalue weighted by atomic mass is 9.83. The number of anilines is 1. The molecule has 192 valence electrons. The van der Waals surface area contributed by atoms with E-state index >= 15 is 0 Å². The van der Waals surface area contributed by atoms with Crippen molar-refractivity contribution < 1.29 is 28.6 Å². The molecular weight excluding hydrogens is 486 g/mol. The zero-order chi connectivity index (χ0) is 26.6. The van der Waals surface area contributed by atoms with Crippen molar-refractivity contribution in [3.63, 3.8) is 0 Å². The highest BCUT2D eigenvalue weighted by Crippen LogP contribution is 2.54. The fourth-order valence-corrected chi connectivity index (χ4v) is 5.80. The van der Waals surface area contributed by atoms with Crippen molar-refractivity contribution in [2.75, 3.05) is 26.2 Å². The number of ketones is 1. The van der Waals surface area contributed by atoms with Crippen LogP contribution in [-0.4, -0.2) is 56.2 Å². The molecule has 0 N–H and O–H groups in total. The molecule has 3 heterocycles. The molecule has 2 saturated heterocycles. The third kappa shape index (κ3) is 3.38. The van der Waals surface area contributed by atoms with Gasteiger partial charge in [-0.25, -0.2) is 4.90 Å². The lowest BCUT2D eigenvalue weighted by molar-refractivity contribution is -0.124. The van der Waals surface area contributed by atoms with Crippen LogP contribution >= 0.6 is 0 Å². The van der Waals surface area contributed by atoms with Gasteiger partial charge in [0.25, 0.3) is 0 Å². The summed E-state index contributed by atoms with van der Waals surface area (Å²) in [6, 6.07) is 17.7. The standard InChI is InChI=1S/C29H25N3O6/c1-36-18-10-8-16(9-11-18)27(33)26-24-23(25-20-7-5-4-6-17(20)15-30-32(25)26)28(34)31(29(24)35)21-14-19(37-2)12-13-22(21)38-3/h4-15,23-26H,1-3H3/t23-,24+,25-,26-/m1/s1. The van der Waals surface area contributed by atoms with Crippen molar-refractivity contribution in [1.82, 2.24) is 5.01 Å². The first-order valence-corrected chi connectivity index (χ1v) is 12.2. The Hall–Kier alpha value is -4.66. The molecule has 4 atom stereocenters. The molecule has 2 fully saturated rings. The van der Waals surface area contributed by atoms with Crippen molar-refractivity contribution in [2.45, 2.75) is 12.1 Å². The molecule has 0 radical (unpaired) electrons. The Morgan fingerprint density at radius 1 is 0.816 bits per heavy atom. The zero-order valence-electron chi connectivity index (χ0n) is 21.0. The highest BCUT2D eigenvalue weighted by Gasteiger charge is 2.65. The van der Waals surface area contributed by atoms with Gasteiger partial charge in [-0.3, -0.25) is 19.4 Å². The van der Waals surface area contributed by atoms with E-state index in [9.17, 15) is 14.4 Å². The quantitative estimate of drug-likeness (QED) is 0.369. The van der Waals surface area contributed by atoms with Crippen LogP contribution in [0.5, 0.6) is 17.2 Å². The average molecular weight is 512 g/mol. The molecule has 6 rings (SSSR count). The Morgan fingerprint density at radius 3 is 2.21 bits per heavy atom. The SMILES string of the molecule is COc1ccc(C(=O)[C@H]2[C@H]3C(=O)N(c4cc(OC)ccc4OC)C(=O)[C@H]3[C@H]3c4ccccc4C=NN32)cc1. The number of methoxy groups -OCH3 is 3. The van der Waals surface area contributed by atoms with Crippen molar-refractivity contribution >= 4 is 29.5 Å². The van der Waals surface area contributed by atoms with E-state index in [0.717, 1.165) is 16.0 Å². The number of hydrogen-bond donors (Lipinski definition) is 0. The first-order chi connectivity index (χ1) is 18.5. The van der Waals surface area contributed by atoms with Gasteiger partial charge in [0, 0.05) is 11.6 Å². The minimum absolute atomic E-state index is 0.283. The number of rotatable bonds is 6. The Labute approximate surface area is 219 Å².